The Labute approximate surface area is 189 Å². The van der Waals surface area contributed by atoms with Crippen LogP contribution in [0.2, 0.25) is 0 Å². The zero-order chi connectivity index (χ0) is 22.7. The number of methoxy groups -OCH3 is 1. The van der Waals surface area contributed by atoms with Crippen molar-refractivity contribution in [2.24, 2.45) is 5.92 Å². The van der Waals surface area contributed by atoms with E-state index in [-0.39, 0.29) is 11.8 Å². The third kappa shape index (κ3) is 4.74. The average molecular weight is 431 g/mol. The first-order valence-electron chi connectivity index (χ1n) is 11.0. The number of carbonyl (C=O) groups excluding carboxylic acids is 1. The largest absolute Gasteiger partial charge is 0.497 e. The van der Waals surface area contributed by atoms with Gasteiger partial charge in [-0.25, -0.2) is 9.97 Å². The van der Waals surface area contributed by atoms with E-state index < -0.39 is 0 Å². The van der Waals surface area contributed by atoms with Gasteiger partial charge in [-0.2, -0.15) is 0 Å². The van der Waals surface area contributed by atoms with Gasteiger partial charge in [0.25, 0.3) is 0 Å². The smallest absolute Gasteiger partial charge is 0.229 e. The summed E-state index contributed by atoms with van der Waals surface area (Å²) in [7, 11) is 1.65. The Kier molecular flexibility index (Phi) is 6.40. The summed E-state index contributed by atoms with van der Waals surface area (Å²) in [6.45, 7) is 7.70. The monoisotopic (exact) mass is 430 g/mol. The fourth-order valence-corrected chi connectivity index (χ4v) is 4.44. The molecule has 0 aliphatic carbocycles. The number of hydrogen-bond acceptors (Lipinski definition) is 5. The molecule has 4 rings (SSSR count). The average Bonchev–Trinajstić information content (AvgIpc) is 2.81. The Morgan fingerprint density at radius 3 is 2.47 bits per heavy atom. The Bertz CT molecular complexity index is 1090. The van der Waals surface area contributed by atoms with Gasteiger partial charge < -0.3 is 15.0 Å². The third-order valence-electron chi connectivity index (χ3n) is 6.08. The van der Waals surface area contributed by atoms with Crippen molar-refractivity contribution in [3.05, 3.63) is 65.5 Å². The highest BCUT2D eigenvalue weighted by atomic mass is 16.5. The molecular weight excluding hydrogens is 400 g/mol. The third-order valence-corrected chi connectivity index (χ3v) is 6.08. The molecule has 1 aliphatic rings. The fourth-order valence-electron chi connectivity index (χ4n) is 4.44. The minimum absolute atomic E-state index is 0.0780. The van der Waals surface area contributed by atoms with E-state index in [9.17, 15) is 4.79 Å². The number of nitrogens with zero attached hydrogens (tertiary/aromatic N) is 3. The normalized spacial score (nSPS) is 16.0. The van der Waals surface area contributed by atoms with E-state index in [1.165, 1.54) is 5.56 Å². The van der Waals surface area contributed by atoms with E-state index in [4.69, 9.17) is 4.74 Å². The highest BCUT2D eigenvalue weighted by Crippen LogP contribution is 2.28. The van der Waals surface area contributed by atoms with Crippen LogP contribution in [0.3, 0.4) is 0 Å². The molecule has 1 amide bonds. The summed E-state index contributed by atoms with van der Waals surface area (Å²) >= 11 is 0. The highest BCUT2D eigenvalue weighted by molar-refractivity contribution is 5.94. The molecule has 2 aromatic carbocycles. The SMILES string of the molecule is COc1ccc(-c2cc(N3CCCC(C(=O)Nc4c(C)cc(C)cc4C)C3)ncn2)cc1. The van der Waals surface area contributed by atoms with Crippen LogP contribution in [-0.2, 0) is 4.79 Å². The van der Waals surface area contributed by atoms with E-state index in [0.29, 0.717) is 6.54 Å². The minimum atomic E-state index is -0.0803. The molecule has 1 atom stereocenters. The van der Waals surface area contributed by atoms with Crippen LogP contribution in [0.15, 0.2) is 48.8 Å². The quantitative estimate of drug-likeness (QED) is 0.621. The predicted octanol–water partition coefficient (Wildman–Crippen LogP) is 4.93. The molecule has 166 valence electrons. The van der Waals surface area contributed by atoms with Gasteiger partial charge in [-0.1, -0.05) is 17.7 Å². The fraction of sp³-hybridized carbons (Fsp3) is 0.346. The first-order valence-corrected chi connectivity index (χ1v) is 11.0. The van der Waals surface area contributed by atoms with Crippen LogP contribution in [-0.4, -0.2) is 36.1 Å². The topological polar surface area (TPSA) is 67.3 Å². The second-order valence-electron chi connectivity index (χ2n) is 8.54. The van der Waals surface area contributed by atoms with E-state index >= 15 is 0 Å². The summed E-state index contributed by atoms with van der Waals surface area (Å²) in [5, 5.41) is 3.19. The molecule has 0 radical (unpaired) electrons. The molecule has 0 spiro atoms. The van der Waals surface area contributed by atoms with Gasteiger partial charge in [0.1, 0.15) is 17.9 Å². The number of anilines is 2. The molecule has 3 aromatic rings. The van der Waals surface area contributed by atoms with Gasteiger partial charge in [0.05, 0.1) is 18.7 Å². The van der Waals surface area contributed by atoms with Crippen LogP contribution in [0.1, 0.15) is 29.5 Å². The van der Waals surface area contributed by atoms with E-state index in [0.717, 1.165) is 59.0 Å². The number of amides is 1. The molecule has 0 bridgehead atoms. The molecular formula is C26H30N4O2. The second-order valence-corrected chi connectivity index (χ2v) is 8.54. The van der Waals surface area contributed by atoms with Crippen molar-refractivity contribution in [2.75, 3.05) is 30.4 Å². The standard InChI is InChI=1S/C26H30N4O2/c1-17-12-18(2)25(19(3)13-17)29-26(31)21-6-5-11-30(15-21)24-14-23(27-16-28-24)20-7-9-22(32-4)10-8-20/h7-10,12-14,16,21H,5-6,11,15H2,1-4H3,(H,29,31). The Morgan fingerprint density at radius 2 is 1.78 bits per heavy atom. The number of ether oxygens (including phenoxy) is 1. The molecule has 1 unspecified atom stereocenters. The molecule has 6 heteroatoms. The molecule has 1 N–H and O–H groups in total. The van der Waals surface area contributed by atoms with Gasteiger partial charge in [-0.15, -0.1) is 0 Å². The molecule has 1 aliphatic heterocycles. The van der Waals surface area contributed by atoms with Gasteiger partial charge in [0.15, 0.2) is 0 Å². The summed E-state index contributed by atoms with van der Waals surface area (Å²) in [6, 6.07) is 14.0. The summed E-state index contributed by atoms with van der Waals surface area (Å²) < 4.78 is 5.24. The molecule has 1 saturated heterocycles. The number of benzene rings is 2. The van der Waals surface area contributed by atoms with Crippen LogP contribution in [0.4, 0.5) is 11.5 Å². The zero-order valence-electron chi connectivity index (χ0n) is 19.2. The van der Waals surface area contributed by atoms with Crippen molar-refractivity contribution in [2.45, 2.75) is 33.6 Å². The minimum Gasteiger partial charge on any atom is -0.497 e. The Morgan fingerprint density at radius 1 is 1.06 bits per heavy atom. The summed E-state index contributed by atoms with van der Waals surface area (Å²) in [4.78, 5) is 24.2. The number of nitrogens with one attached hydrogen (secondary N) is 1. The Hall–Kier alpha value is -3.41. The predicted molar refractivity (Wildman–Crippen MR) is 128 cm³/mol. The van der Waals surface area contributed by atoms with Crippen molar-refractivity contribution in [1.29, 1.82) is 0 Å². The van der Waals surface area contributed by atoms with Crippen LogP contribution >= 0.6 is 0 Å². The van der Waals surface area contributed by atoms with Crippen LogP contribution in [0, 0.1) is 26.7 Å². The molecule has 6 nitrogen and oxygen atoms in total. The number of hydrogen-bond donors (Lipinski definition) is 1. The molecule has 0 saturated carbocycles. The number of aromatic nitrogens is 2. The molecule has 32 heavy (non-hydrogen) atoms. The highest BCUT2D eigenvalue weighted by Gasteiger charge is 2.27. The van der Waals surface area contributed by atoms with Crippen molar-refractivity contribution >= 4 is 17.4 Å². The Balaban J connectivity index is 1.49. The second kappa shape index (κ2) is 9.39. The zero-order valence-corrected chi connectivity index (χ0v) is 19.2. The van der Waals surface area contributed by atoms with Gasteiger partial charge >= 0.3 is 0 Å². The first kappa shape index (κ1) is 21.8. The van der Waals surface area contributed by atoms with Crippen LogP contribution < -0.4 is 15.0 Å². The van der Waals surface area contributed by atoms with Gasteiger partial charge in [0, 0.05) is 30.4 Å². The number of piperidine rings is 1. The van der Waals surface area contributed by atoms with Gasteiger partial charge in [0.2, 0.25) is 5.91 Å². The number of rotatable bonds is 5. The summed E-state index contributed by atoms with van der Waals surface area (Å²) in [6.07, 6.45) is 3.42. The number of aryl methyl sites for hydroxylation is 3. The maximum absolute atomic E-state index is 13.1. The van der Waals surface area contributed by atoms with Gasteiger partial charge in [-0.3, -0.25) is 4.79 Å². The van der Waals surface area contributed by atoms with E-state index in [2.05, 4.69) is 39.2 Å². The molecule has 1 fully saturated rings. The number of carbonyl (C=O) groups is 1. The summed E-state index contributed by atoms with van der Waals surface area (Å²) in [5.41, 5.74) is 6.20. The summed E-state index contributed by atoms with van der Waals surface area (Å²) in [5.74, 6) is 1.66. The van der Waals surface area contributed by atoms with Crippen LogP contribution in [0.5, 0.6) is 5.75 Å². The van der Waals surface area contributed by atoms with Gasteiger partial charge in [-0.05, 0) is 69.0 Å². The van der Waals surface area contributed by atoms with Crippen LogP contribution in [0.25, 0.3) is 11.3 Å². The maximum Gasteiger partial charge on any atom is 0.229 e. The van der Waals surface area contributed by atoms with E-state index in [1.807, 2.05) is 44.2 Å². The van der Waals surface area contributed by atoms with Crippen molar-refractivity contribution in [3.8, 4) is 17.0 Å². The van der Waals surface area contributed by atoms with E-state index in [1.54, 1.807) is 13.4 Å². The lowest BCUT2D eigenvalue weighted by atomic mass is 9.96. The molecule has 2 heterocycles. The first-order chi connectivity index (χ1) is 15.4. The van der Waals surface area contributed by atoms with Crippen molar-refractivity contribution in [1.82, 2.24) is 9.97 Å². The van der Waals surface area contributed by atoms with Crippen molar-refractivity contribution < 1.29 is 9.53 Å². The lowest BCUT2D eigenvalue weighted by Gasteiger charge is -2.33. The van der Waals surface area contributed by atoms with Crippen molar-refractivity contribution in [3.63, 3.8) is 0 Å². The lowest BCUT2D eigenvalue weighted by molar-refractivity contribution is -0.120. The maximum atomic E-state index is 13.1. The lowest BCUT2D eigenvalue weighted by Crippen LogP contribution is -2.41. The molecule has 1 aromatic heterocycles.